The fourth-order valence-electron chi connectivity index (χ4n) is 3.04. The summed E-state index contributed by atoms with van der Waals surface area (Å²) in [4.78, 5) is 12.3. The van der Waals surface area contributed by atoms with Crippen molar-refractivity contribution in [1.29, 1.82) is 0 Å². The molecule has 3 aromatic rings. The van der Waals surface area contributed by atoms with E-state index in [0.717, 1.165) is 35.0 Å². The van der Waals surface area contributed by atoms with E-state index >= 15 is 0 Å². The van der Waals surface area contributed by atoms with Gasteiger partial charge in [0.15, 0.2) is 18.1 Å². The minimum Gasteiger partial charge on any atom is -0.490 e. The largest absolute Gasteiger partial charge is 0.490 e. The van der Waals surface area contributed by atoms with Crippen LogP contribution in [0.1, 0.15) is 24.5 Å². The Morgan fingerprint density at radius 3 is 2.71 bits per heavy atom. The molecule has 0 fully saturated rings. The third-order valence-electron chi connectivity index (χ3n) is 4.69. The Kier molecular flexibility index (Phi) is 9.99. The SMILES string of the molecule is CCOc1cc(CNCCCSc2nnnn2C)cc(Cl)c1OCC(=O)Nc1ccc(C)cc1. The third-order valence-corrected chi connectivity index (χ3v) is 6.07. The maximum Gasteiger partial charge on any atom is 0.262 e. The van der Waals surface area contributed by atoms with E-state index in [2.05, 4.69) is 26.2 Å². The lowest BCUT2D eigenvalue weighted by molar-refractivity contribution is -0.118. The van der Waals surface area contributed by atoms with Gasteiger partial charge in [-0.15, -0.1) is 5.10 Å². The van der Waals surface area contributed by atoms with E-state index in [9.17, 15) is 4.79 Å². The number of aryl methyl sites for hydroxylation is 2. The third kappa shape index (κ3) is 7.89. The van der Waals surface area contributed by atoms with Crippen molar-refractivity contribution in [1.82, 2.24) is 25.5 Å². The van der Waals surface area contributed by atoms with Crippen LogP contribution in [0.15, 0.2) is 41.6 Å². The predicted octanol–water partition coefficient (Wildman–Crippen LogP) is 3.86. The number of amides is 1. The van der Waals surface area contributed by atoms with E-state index in [1.54, 1.807) is 16.4 Å². The second-order valence-corrected chi connectivity index (χ2v) is 8.97. The van der Waals surface area contributed by atoms with Crippen molar-refractivity contribution in [3.63, 3.8) is 0 Å². The van der Waals surface area contributed by atoms with Crippen LogP contribution < -0.4 is 20.1 Å². The van der Waals surface area contributed by atoms with Gasteiger partial charge in [-0.25, -0.2) is 4.68 Å². The highest BCUT2D eigenvalue weighted by Gasteiger charge is 2.15. The van der Waals surface area contributed by atoms with Crippen LogP contribution >= 0.6 is 23.4 Å². The average Bonchev–Trinajstić information content (AvgIpc) is 3.22. The Morgan fingerprint density at radius 2 is 2.00 bits per heavy atom. The van der Waals surface area contributed by atoms with Crippen molar-refractivity contribution in [2.24, 2.45) is 7.05 Å². The molecular formula is C23H29ClN6O3S. The minimum atomic E-state index is -0.275. The molecule has 0 spiro atoms. The highest BCUT2D eigenvalue weighted by Crippen LogP contribution is 2.36. The lowest BCUT2D eigenvalue weighted by Gasteiger charge is -2.15. The number of nitrogens with zero attached hydrogens (tertiary/aromatic N) is 4. The monoisotopic (exact) mass is 504 g/mol. The molecule has 1 heterocycles. The van der Waals surface area contributed by atoms with Gasteiger partial charge in [-0.1, -0.05) is 41.1 Å². The quantitative estimate of drug-likeness (QED) is 0.267. The average molecular weight is 505 g/mol. The Morgan fingerprint density at radius 1 is 1.21 bits per heavy atom. The normalized spacial score (nSPS) is 10.8. The maximum absolute atomic E-state index is 12.3. The molecule has 1 aromatic heterocycles. The van der Waals surface area contributed by atoms with Gasteiger partial charge in [0.05, 0.1) is 11.6 Å². The number of hydrogen-bond acceptors (Lipinski definition) is 8. The summed E-state index contributed by atoms with van der Waals surface area (Å²) in [5.74, 6) is 1.51. The van der Waals surface area contributed by atoms with Crippen LogP contribution in [0, 0.1) is 6.92 Å². The molecule has 0 unspecified atom stereocenters. The molecule has 2 aromatic carbocycles. The van der Waals surface area contributed by atoms with Gasteiger partial charge in [0.25, 0.3) is 5.91 Å². The van der Waals surface area contributed by atoms with Crippen molar-refractivity contribution < 1.29 is 14.3 Å². The van der Waals surface area contributed by atoms with Gasteiger partial charge < -0.3 is 20.1 Å². The van der Waals surface area contributed by atoms with E-state index in [4.69, 9.17) is 21.1 Å². The number of rotatable bonds is 13. The van der Waals surface area contributed by atoms with Crippen LogP contribution in [0.25, 0.3) is 0 Å². The van der Waals surface area contributed by atoms with Gasteiger partial charge >= 0.3 is 0 Å². The molecule has 9 nitrogen and oxygen atoms in total. The summed E-state index contributed by atoms with van der Waals surface area (Å²) in [6.45, 7) is 5.61. The highest BCUT2D eigenvalue weighted by molar-refractivity contribution is 7.99. The van der Waals surface area contributed by atoms with Crippen molar-refractivity contribution in [3.05, 3.63) is 52.5 Å². The summed E-state index contributed by atoms with van der Waals surface area (Å²) in [7, 11) is 1.82. The Balaban J connectivity index is 1.49. The van der Waals surface area contributed by atoms with Gasteiger partial charge in [0, 0.05) is 25.0 Å². The summed E-state index contributed by atoms with van der Waals surface area (Å²) in [6, 6.07) is 11.3. The second kappa shape index (κ2) is 13.2. The van der Waals surface area contributed by atoms with E-state index in [-0.39, 0.29) is 12.5 Å². The molecule has 1 amide bonds. The van der Waals surface area contributed by atoms with E-state index in [1.165, 1.54) is 0 Å². The molecule has 34 heavy (non-hydrogen) atoms. The number of ether oxygens (including phenoxy) is 2. The molecule has 2 N–H and O–H groups in total. The number of hydrogen-bond donors (Lipinski definition) is 2. The predicted molar refractivity (Wildman–Crippen MR) is 134 cm³/mol. The Hall–Kier alpha value is -2.82. The first-order valence-electron chi connectivity index (χ1n) is 11.0. The van der Waals surface area contributed by atoms with Crippen LogP contribution in [-0.4, -0.2) is 51.6 Å². The number of thioether (sulfide) groups is 1. The lowest BCUT2D eigenvalue weighted by Crippen LogP contribution is -2.20. The van der Waals surface area contributed by atoms with Crippen LogP contribution in [0.5, 0.6) is 11.5 Å². The van der Waals surface area contributed by atoms with E-state index in [1.807, 2.05) is 57.3 Å². The first-order valence-corrected chi connectivity index (χ1v) is 12.3. The zero-order valence-electron chi connectivity index (χ0n) is 19.5. The smallest absolute Gasteiger partial charge is 0.262 e. The van der Waals surface area contributed by atoms with Crippen LogP contribution in [0.4, 0.5) is 5.69 Å². The molecule has 0 saturated carbocycles. The number of anilines is 1. The standard InChI is InChI=1S/C23H29ClN6O3S/c1-4-32-20-13-17(14-25-10-5-11-34-23-27-28-29-30(23)3)12-19(24)22(20)33-15-21(31)26-18-8-6-16(2)7-9-18/h6-9,12-13,25H,4-5,10-11,14-15H2,1-3H3,(H,26,31). The molecular weight excluding hydrogens is 476 g/mol. The zero-order chi connectivity index (χ0) is 24.3. The lowest BCUT2D eigenvalue weighted by atomic mass is 10.2. The second-order valence-electron chi connectivity index (χ2n) is 7.50. The number of tetrazole rings is 1. The number of carbonyl (C=O) groups excluding carboxylic acids is 1. The number of aromatic nitrogens is 4. The van der Waals surface area contributed by atoms with Gasteiger partial charge in [-0.2, -0.15) is 0 Å². The zero-order valence-corrected chi connectivity index (χ0v) is 21.1. The van der Waals surface area contributed by atoms with Crippen molar-refractivity contribution in [3.8, 4) is 11.5 Å². The van der Waals surface area contributed by atoms with Crippen LogP contribution in [0.3, 0.4) is 0 Å². The highest BCUT2D eigenvalue weighted by atomic mass is 35.5. The van der Waals surface area contributed by atoms with E-state index < -0.39 is 0 Å². The van der Waals surface area contributed by atoms with Crippen molar-refractivity contribution in [2.75, 3.05) is 30.8 Å². The summed E-state index contributed by atoms with van der Waals surface area (Å²) < 4.78 is 13.1. The van der Waals surface area contributed by atoms with E-state index in [0.29, 0.717) is 35.4 Å². The minimum absolute atomic E-state index is 0.177. The molecule has 3 rings (SSSR count). The first kappa shape index (κ1) is 25.8. The van der Waals surface area contributed by atoms with Gasteiger partial charge in [0.1, 0.15) is 0 Å². The van der Waals surface area contributed by atoms with Gasteiger partial charge in [0.2, 0.25) is 5.16 Å². The molecule has 0 saturated heterocycles. The topological polar surface area (TPSA) is 103 Å². The fraction of sp³-hybridized carbons (Fsp3) is 0.391. The summed E-state index contributed by atoms with van der Waals surface area (Å²) in [5.41, 5.74) is 2.80. The number of benzene rings is 2. The molecule has 0 aliphatic rings. The van der Waals surface area contributed by atoms with Gasteiger partial charge in [-0.05, 0) is 67.1 Å². The molecule has 0 atom stereocenters. The summed E-state index contributed by atoms with van der Waals surface area (Å²) >= 11 is 8.10. The maximum atomic E-state index is 12.3. The molecule has 0 aliphatic carbocycles. The fourth-order valence-corrected chi connectivity index (χ4v) is 4.11. The van der Waals surface area contributed by atoms with Crippen molar-refractivity contribution in [2.45, 2.75) is 32.0 Å². The summed E-state index contributed by atoms with van der Waals surface area (Å²) in [6.07, 6.45) is 0.959. The number of nitrogens with one attached hydrogen (secondary N) is 2. The first-order chi connectivity index (χ1) is 16.5. The Labute approximate surface area is 208 Å². The summed E-state index contributed by atoms with van der Waals surface area (Å²) in [5, 5.41) is 18.8. The molecule has 0 bridgehead atoms. The van der Waals surface area contributed by atoms with Crippen molar-refractivity contribution >= 4 is 35.0 Å². The number of halogens is 1. The molecule has 182 valence electrons. The van der Waals surface area contributed by atoms with Crippen LogP contribution in [-0.2, 0) is 18.4 Å². The number of carbonyl (C=O) groups is 1. The van der Waals surface area contributed by atoms with Gasteiger partial charge in [-0.3, -0.25) is 4.79 Å². The van der Waals surface area contributed by atoms with Crippen LogP contribution in [0.2, 0.25) is 5.02 Å². The molecule has 11 heteroatoms. The molecule has 0 radical (unpaired) electrons. The Bertz CT molecular complexity index is 1080. The molecule has 0 aliphatic heterocycles.